The minimum Gasteiger partial charge on any atom is -0.434 e. The standard InChI is InChI=1S/C62H38N6O/c1-4-17-39(18-5-1)45-27-14-23-41-24-15-28-46(55(41)45)40-33-35-44(36-34-40)61-63-51-29-16-32-54(58(51)69-61)67-52-30-12-10-25-47(52)49-37-38-50-48-26-11-13-31-53(48)68(57(50)56(49)67)62-65-59(42-19-6-2-7-20-42)64-60(66-62)43-21-8-3-9-22-43/h1-38H. The van der Waals surface area contributed by atoms with Crippen molar-refractivity contribution in [2.24, 2.45) is 0 Å². The van der Waals surface area contributed by atoms with E-state index in [0.29, 0.717) is 29.1 Å². The van der Waals surface area contributed by atoms with Crippen molar-refractivity contribution in [2.45, 2.75) is 0 Å². The van der Waals surface area contributed by atoms with Crippen LogP contribution in [0.3, 0.4) is 0 Å². The molecule has 0 aliphatic heterocycles. The normalized spacial score (nSPS) is 11.8. The number of para-hydroxylation sites is 3. The molecule has 0 bridgehead atoms. The van der Waals surface area contributed by atoms with Crippen LogP contribution in [-0.2, 0) is 0 Å². The molecule has 0 saturated heterocycles. The fourth-order valence-electron chi connectivity index (χ4n) is 10.3. The molecule has 0 unspecified atom stereocenters. The van der Waals surface area contributed by atoms with E-state index in [9.17, 15) is 0 Å². The van der Waals surface area contributed by atoms with Crippen molar-refractivity contribution < 1.29 is 4.42 Å². The highest BCUT2D eigenvalue weighted by Crippen LogP contribution is 2.44. The van der Waals surface area contributed by atoms with E-state index >= 15 is 0 Å². The van der Waals surface area contributed by atoms with E-state index in [1.54, 1.807) is 0 Å². The van der Waals surface area contributed by atoms with Crippen LogP contribution in [0.15, 0.2) is 235 Å². The van der Waals surface area contributed by atoms with E-state index in [1.807, 2.05) is 66.7 Å². The zero-order chi connectivity index (χ0) is 45.4. The molecule has 4 heterocycles. The quantitative estimate of drug-likeness (QED) is 0.159. The topological polar surface area (TPSA) is 74.6 Å². The van der Waals surface area contributed by atoms with Gasteiger partial charge in [-0.15, -0.1) is 0 Å². The molecule has 0 N–H and O–H groups in total. The van der Waals surface area contributed by atoms with Gasteiger partial charge in [-0.3, -0.25) is 4.57 Å². The Kier molecular flexibility index (Phi) is 8.75. The van der Waals surface area contributed by atoms with E-state index in [4.69, 9.17) is 24.4 Å². The van der Waals surface area contributed by atoms with Crippen LogP contribution < -0.4 is 0 Å². The summed E-state index contributed by atoms with van der Waals surface area (Å²) in [4.78, 5) is 20.8. The van der Waals surface area contributed by atoms with Gasteiger partial charge < -0.3 is 8.98 Å². The average Bonchev–Trinajstić information content (AvgIpc) is 4.12. The van der Waals surface area contributed by atoms with E-state index in [0.717, 1.165) is 77.1 Å². The minimum absolute atomic E-state index is 0.529. The summed E-state index contributed by atoms with van der Waals surface area (Å²) in [6.07, 6.45) is 0. The third-order valence-corrected chi connectivity index (χ3v) is 13.4. The van der Waals surface area contributed by atoms with Gasteiger partial charge in [0.25, 0.3) is 0 Å². The van der Waals surface area contributed by atoms with E-state index < -0.39 is 0 Å². The Balaban J connectivity index is 0.975. The van der Waals surface area contributed by atoms with Gasteiger partial charge >= 0.3 is 0 Å². The lowest BCUT2D eigenvalue weighted by Gasteiger charge is -2.13. The van der Waals surface area contributed by atoms with Gasteiger partial charge in [-0.1, -0.05) is 194 Å². The number of hydrogen-bond donors (Lipinski definition) is 0. The van der Waals surface area contributed by atoms with Crippen LogP contribution >= 0.6 is 0 Å². The van der Waals surface area contributed by atoms with Gasteiger partial charge in [0.2, 0.25) is 11.8 Å². The Labute approximate surface area is 395 Å². The Morgan fingerprint density at radius 1 is 0.333 bits per heavy atom. The first kappa shape index (κ1) is 38.8. The third-order valence-electron chi connectivity index (χ3n) is 13.4. The van der Waals surface area contributed by atoms with Gasteiger partial charge in [0, 0.05) is 38.2 Å². The number of hydrogen-bond acceptors (Lipinski definition) is 5. The monoisotopic (exact) mass is 882 g/mol. The lowest BCUT2D eigenvalue weighted by molar-refractivity contribution is 0.618. The molecule has 0 aliphatic rings. The lowest BCUT2D eigenvalue weighted by Crippen LogP contribution is -2.07. The molecule has 0 spiro atoms. The smallest absolute Gasteiger partial charge is 0.238 e. The molecule has 14 rings (SSSR count). The fraction of sp³-hybridized carbons (Fsp3) is 0. The highest BCUT2D eigenvalue weighted by Gasteiger charge is 2.25. The van der Waals surface area contributed by atoms with Gasteiger partial charge in [0.05, 0.1) is 27.8 Å². The first-order valence-electron chi connectivity index (χ1n) is 23.1. The number of fused-ring (bicyclic) bond motifs is 9. The second kappa shape index (κ2) is 15.6. The summed E-state index contributed by atoms with van der Waals surface area (Å²) in [5, 5.41) is 6.82. The molecular formula is C62H38N6O. The van der Waals surface area contributed by atoms with Gasteiger partial charge in [-0.25, -0.2) is 9.97 Å². The molecule has 322 valence electrons. The number of benzene rings is 10. The molecule has 10 aromatic carbocycles. The fourth-order valence-corrected chi connectivity index (χ4v) is 10.3. The van der Waals surface area contributed by atoms with Crippen LogP contribution in [0, 0.1) is 0 Å². The minimum atomic E-state index is 0.529. The second-order valence-corrected chi connectivity index (χ2v) is 17.4. The summed E-state index contributed by atoms with van der Waals surface area (Å²) < 4.78 is 11.5. The molecule has 0 saturated carbocycles. The Hall–Kier alpha value is -9.46. The molecule has 0 atom stereocenters. The molecule has 14 aromatic rings. The van der Waals surface area contributed by atoms with E-state index in [-0.39, 0.29) is 0 Å². The van der Waals surface area contributed by atoms with Crippen molar-refractivity contribution >= 4 is 65.5 Å². The summed E-state index contributed by atoms with van der Waals surface area (Å²) in [5.41, 5.74) is 13.8. The van der Waals surface area contributed by atoms with E-state index in [2.05, 4.69) is 173 Å². The van der Waals surface area contributed by atoms with Crippen LogP contribution in [0.25, 0.3) is 134 Å². The summed E-state index contributed by atoms with van der Waals surface area (Å²) >= 11 is 0. The Morgan fingerprint density at radius 2 is 0.826 bits per heavy atom. The Morgan fingerprint density at radius 3 is 1.43 bits per heavy atom. The lowest BCUT2D eigenvalue weighted by atomic mass is 9.91. The zero-order valence-electron chi connectivity index (χ0n) is 37.0. The first-order valence-corrected chi connectivity index (χ1v) is 23.1. The molecule has 7 heteroatoms. The van der Waals surface area contributed by atoms with Crippen molar-refractivity contribution in [3.63, 3.8) is 0 Å². The van der Waals surface area contributed by atoms with Crippen LogP contribution in [0.1, 0.15) is 0 Å². The number of rotatable bonds is 7. The van der Waals surface area contributed by atoms with Crippen LogP contribution in [-0.4, -0.2) is 29.1 Å². The third kappa shape index (κ3) is 6.21. The van der Waals surface area contributed by atoms with Gasteiger partial charge in [0.15, 0.2) is 17.2 Å². The predicted molar refractivity (Wildman–Crippen MR) is 281 cm³/mol. The van der Waals surface area contributed by atoms with Gasteiger partial charge in [-0.05, 0) is 69.4 Å². The summed E-state index contributed by atoms with van der Waals surface area (Å²) in [7, 11) is 0. The van der Waals surface area contributed by atoms with Gasteiger partial charge in [0.1, 0.15) is 5.52 Å². The average molecular weight is 883 g/mol. The van der Waals surface area contributed by atoms with E-state index in [1.165, 1.54) is 27.5 Å². The van der Waals surface area contributed by atoms with Crippen molar-refractivity contribution in [1.82, 2.24) is 29.1 Å². The van der Waals surface area contributed by atoms with Crippen LogP contribution in [0.2, 0.25) is 0 Å². The highest BCUT2D eigenvalue weighted by atomic mass is 16.3. The first-order chi connectivity index (χ1) is 34.2. The highest BCUT2D eigenvalue weighted by molar-refractivity contribution is 6.24. The van der Waals surface area contributed by atoms with Crippen molar-refractivity contribution in [3.05, 3.63) is 231 Å². The maximum atomic E-state index is 6.94. The summed E-state index contributed by atoms with van der Waals surface area (Å²) in [6.45, 7) is 0. The largest absolute Gasteiger partial charge is 0.434 e. The van der Waals surface area contributed by atoms with Crippen LogP contribution in [0.5, 0.6) is 0 Å². The maximum Gasteiger partial charge on any atom is 0.238 e. The molecule has 69 heavy (non-hydrogen) atoms. The molecule has 0 radical (unpaired) electrons. The van der Waals surface area contributed by atoms with Crippen molar-refractivity contribution in [1.29, 1.82) is 0 Å². The molecule has 7 nitrogen and oxygen atoms in total. The molecule has 0 aliphatic carbocycles. The van der Waals surface area contributed by atoms with Gasteiger partial charge in [-0.2, -0.15) is 9.97 Å². The SMILES string of the molecule is c1ccc(-c2nc(-c3ccccc3)nc(-n3c4ccccc4c4ccc5c6ccccc6n(-c6cccc7nc(-c8ccc(-c9cccc%10cccc(-c%11ccccc%11)c9%10)cc8)oc67)c5c43)n2)cc1. The molecule has 0 fully saturated rings. The number of oxazole rings is 1. The predicted octanol–water partition coefficient (Wildman–Crippen LogP) is 15.7. The zero-order valence-corrected chi connectivity index (χ0v) is 37.0. The number of aromatic nitrogens is 6. The maximum absolute atomic E-state index is 6.94. The van der Waals surface area contributed by atoms with Crippen molar-refractivity contribution in [3.8, 4) is 68.1 Å². The summed E-state index contributed by atoms with van der Waals surface area (Å²) in [5.74, 6) is 2.28. The number of nitrogens with zero attached hydrogens (tertiary/aromatic N) is 6. The second-order valence-electron chi connectivity index (χ2n) is 17.4. The van der Waals surface area contributed by atoms with Crippen LogP contribution in [0.4, 0.5) is 0 Å². The Bertz CT molecular complexity index is 4220. The molecule has 0 amide bonds. The molecular weight excluding hydrogens is 845 g/mol. The van der Waals surface area contributed by atoms with Crippen molar-refractivity contribution in [2.75, 3.05) is 0 Å². The summed E-state index contributed by atoms with van der Waals surface area (Å²) in [6, 6.07) is 80.3. The molecule has 4 aromatic heterocycles.